The second-order valence-corrected chi connectivity index (χ2v) is 10.8. The minimum Gasteiger partial charge on any atom is -0.393 e. The Morgan fingerprint density at radius 3 is 2.57 bits per heavy atom. The van der Waals surface area contributed by atoms with Crippen LogP contribution in [0.25, 0.3) is 0 Å². The second kappa shape index (κ2) is 6.56. The summed E-state index contributed by atoms with van der Waals surface area (Å²) in [4.78, 5) is 15.2. The molecule has 1 saturated heterocycles. The summed E-state index contributed by atoms with van der Waals surface area (Å²) in [6.07, 6.45) is 8.65. The summed E-state index contributed by atoms with van der Waals surface area (Å²) in [6, 6.07) is 11.1. The molecule has 0 radical (unpaired) electrons. The lowest BCUT2D eigenvalue weighted by atomic mass is 9.41. The molecule has 4 heteroatoms. The van der Waals surface area contributed by atoms with Crippen molar-refractivity contribution in [2.45, 2.75) is 75.3 Å². The third kappa shape index (κ3) is 3.29. The van der Waals surface area contributed by atoms with Crippen molar-refractivity contribution in [3.63, 3.8) is 0 Å². The summed E-state index contributed by atoms with van der Waals surface area (Å²) in [7, 11) is 0. The molecule has 1 aromatic rings. The molecule has 4 bridgehead atoms. The van der Waals surface area contributed by atoms with Crippen molar-refractivity contribution in [2.75, 3.05) is 19.6 Å². The van der Waals surface area contributed by atoms with Crippen LogP contribution in [0.3, 0.4) is 0 Å². The molecule has 28 heavy (non-hydrogen) atoms. The van der Waals surface area contributed by atoms with E-state index in [4.69, 9.17) is 0 Å². The molecular formula is C24H34N2O2. The molecule has 1 aromatic carbocycles. The first-order valence-electron chi connectivity index (χ1n) is 11.1. The van der Waals surface area contributed by atoms with E-state index in [9.17, 15) is 9.90 Å². The minimum atomic E-state index is -0.187. The zero-order valence-corrected chi connectivity index (χ0v) is 17.1. The Balaban J connectivity index is 1.35. The molecule has 1 aliphatic heterocycles. The van der Waals surface area contributed by atoms with Gasteiger partial charge in [-0.15, -0.1) is 0 Å². The topological polar surface area (TPSA) is 52.6 Å². The Hall–Kier alpha value is -1.39. The van der Waals surface area contributed by atoms with Gasteiger partial charge in [0.25, 0.3) is 0 Å². The summed E-state index contributed by atoms with van der Waals surface area (Å²) < 4.78 is 0. The molecule has 5 fully saturated rings. The standard InChI is InChI=1S/C24H34N2O2/c1-22-11-18-12-23(15-22,19-5-3-2-4-6-19)17-24(13-18,16-22)25-21(28)14-26-9-7-20(27)8-10-26/h2-6,18,20,27H,7-17H2,1H3,(H,25,28)/t18-,22+,23-,24-/m1/s1. The number of rotatable bonds is 4. The molecule has 152 valence electrons. The van der Waals surface area contributed by atoms with Gasteiger partial charge in [-0.2, -0.15) is 0 Å². The maximum absolute atomic E-state index is 13.0. The zero-order chi connectivity index (χ0) is 19.4. The maximum Gasteiger partial charge on any atom is 0.234 e. The SMILES string of the molecule is C[C@@]12C[C@H]3C[C@@](NC(=O)CN4CCC(O)CC4)(C1)C[C@@](c1ccccc1)(C3)C2. The number of hydrogen-bond donors (Lipinski definition) is 2. The first-order valence-corrected chi connectivity index (χ1v) is 11.1. The van der Waals surface area contributed by atoms with Crippen LogP contribution in [0.15, 0.2) is 30.3 Å². The number of carbonyl (C=O) groups excluding carboxylic acids is 1. The Bertz CT molecular complexity index is 744. The van der Waals surface area contributed by atoms with Crippen LogP contribution in [0.4, 0.5) is 0 Å². The molecule has 0 spiro atoms. The summed E-state index contributed by atoms with van der Waals surface area (Å²) >= 11 is 0. The number of likely N-dealkylation sites (tertiary alicyclic amines) is 1. The third-order valence-corrected chi connectivity index (χ3v) is 8.06. The monoisotopic (exact) mass is 382 g/mol. The molecule has 4 saturated carbocycles. The molecule has 4 aliphatic carbocycles. The van der Waals surface area contributed by atoms with Gasteiger partial charge in [0.05, 0.1) is 12.6 Å². The highest BCUT2D eigenvalue weighted by molar-refractivity contribution is 5.79. The number of aliphatic hydroxyl groups excluding tert-OH is 1. The number of aliphatic hydroxyl groups is 1. The predicted molar refractivity (Wildman–Crippen MR) is 110 cm³/mol. The number of nitrogens with one attached hydrogen (secondary N) is 1. The Morgan fingerprint density at radius 1 is 1.11 bits per heavy atom. The fourth-order valence-electron chi connectivity index (χ4n) is 7.79. The van der Waals surface area contributed by atoms with Crippen LogP contribution >= 0.6 is 0 Å². The van der Waals surface area contributed by atoms with Crippen molar-refractivity contribution >= 4 is 5.91 Å². The van der Waals surface area contributed by atoms with Crippen LogP contribution in [0.2, 0.25) is 0 Å². The van der Waals surface area contributed by atoms with Gasteiger partial charge < -0.3 is 10.4 Å². The largest absolute Gasteiger partial charge is 0.393 e. The minimum absolute atomic E-state index is 0.0314. The first-order chi connectivity index (χ1) is 13.4. The van der Waals surface area contributed by atoms with E-state index >= 15 is 0 Å². The highest BCUT2D eigenvalue weighted by Crippen LogP contribution is 2.66. The Kier molecular flexibility index (Phi) is 4.37. The van der Waals surface area contributed by atoms with E-state index in [0.29, 0.717) is 12.0 Å². The van der Waals surface area contributed by atoms with Crippen LogP contribution < -0.4 is 5.32 Å². The molecule has 1 heterocycles. The Morgan fingerprint density at radius 2 is 1.86 bits per heavy atom. The fourth-order valence-corrected chi connectivity index (χ4v) is 7.79. The smallest absolute Gasteiger partial charge is 0.234 e. The van der Waals surface area contributed by atoms with Crippen molar-refractivity contribution < 1.29 is 9.90 Å². The molecule has 0 unspecified atom stereocenters. The average Bonchev–Trinajstić information content (AvgIpc) is 2.62. The van der Waals surface area contributed by atoms with E-state index in [-0.39, 0.29) is 23.0 Å². The van der Waals surface area contributed by atoms with E-state index in [1.54, 1.807) is 0 Å². The zero-order valence-electron chi connectivity index (χ0n) is 17.1. The van der Waals surface area contributed by atoms with Crippen molar-refractivity contribution in [3.05, 3.63) is 35.9 Å². The van der Waals surface area contributed by atoms with Crippen molar-refractivity contribution in [1.82, 2.24) is 10.2 Å². The second-order valence-electron chi connectivity index (χ2n) is 10.8. The number of nitrogens with zero attached hydrogens (tertiary/aromatic N) is 1. The summed E-state index contributed by atoms with van der Waals surface area (Å²) in [5.74, 6) is 0.914. The predicted octanol–water partition coefficient (Wildman–Crippen LogP) is 3.24. The van der Waals surface area contributed by atoms with Crippen molar-refractivity contribution in [3.8, 4) is 0 Å². The number of hydrogen-bond acceptors (Lipinski definition) is 3. The van der Waals surface area contributed by atoms with Gasteiger partial charge in [-0.1, -0.05) is 37.3 Å². The number of carbonyl (C=O) groups is 1. The van der Waals surface area contributed by atoms with Crippen molar-refractivity contribution in [2.24, 2.45) is 11.3 Å². The van der Waals surface area contributed by atoms with Gasteiger partial charge in [0.15, 0.2) is 0 Å². The van der Waals surface area contributed by atoms with E-state index in [0.717, 1.165) is 51.1 Å². The van der Waals surface area contributed by atoms with Crippen LogP contribution in [0.1, 0.15) is 63.9 Å². The van der Waals surface area contributed by atoms with Crippen LogP contribution in [-0.2, 0) is 10.2 Å². The third-order valence-electron chi connectivity index (χ3n) is 8.06. The lowest BCUT2D eigenvalue weighted by Gasteiger charge is -2.66. The van der Waals surface area contributed by atoms with Gasteiger partial charge in [-0.25, -0.2) is 0 Å². The number of piperidine rings is 1. The lowest BCUT2D eigenvalue weighted by Crippen LogP contribution is -2.67. The normalized spacial score (nSPS) is 40.6. The van der Waals surface area contributed by atoms with Gasteiger partial charge >= 0.3 is 0 Å². The Labute approximate surface area is 168 Å². The van der Waals surface area contributed by atoms with Gasteiger partial charge in [-0.05, 0) is 73.7 Å². The fraction of sp³-hybridized carbons (Fsp3) is 0.708. The van der Waals surface area contributed by atoms with Gasteiger partial charge in [-0.3, -0.25) is 9.69 Å². The molecule has 6 rings (SSSR count). The summed E-state index contributed by atoms with van der Waals surface area (Å²) in [6.45, 7) is 4.60. The molecular weight excluding hydrogens is 348 g/mol. The van der Waals surface area contributed by atoms with Crippen molar-refractivity contribution in [1.29, 1.82) is 0 Å². The first kappa shape index (κ1) is 18.6. The molecule has 5 aliphatic rings. The highest BCUT2D eigenvalue weighted by atomic mass is 16.3. The van der Waals surface area contributed by atoms with Crippen LogP contribution in [0, 0.1) is 11.3 Å². The summed E-state index contributed by atoms with van der Waals surface area (Å²) in [5.41, 5.74) is 2.03. The van der Waals surface area contributed by atoms with Gasteiger partial charge in [0.2, 0.25) is 5.91 Å². The molecule has 1 amide bonds. The molecule has 4 nitrogen and oxygen atoms in total. The van der Waals surface area contributed by atoms with Crippen LogP contribution in [0.5, 0.6) is 0 Å². The van der Waals surface area contributed by atoms with E-state index in [1.807, 2.05) is 0 Å². The molecule has 0 aromatic heterocycles. The van der Waals surface area contributed by atoms with Gasteiger partial charge in [0.1, 0.15) is 0 Å². The number of amides is 1. The lowest BCUT2D eigenvalue weighted by molar-refractivity contribution is -0.134. The quantitative estimate of drug-likeness (QED) is 0.841. The number of benzene rings is 1. The summed E-state index contributed by atoms with van der Waals surface area (Å²) in [5, 5.41) is 13.3. The van der Waals surface area contributed by atoms with E-state index < -0.39 is 0 Å². The molecule has 4 atom stereocenters. The average molecular weight is 383 g/mol. The van der Waals surface area contributed by atoms with Crippen LogP contribution in [-0.4, -0.2) is 47.2 Å². The maximum atomic E-state index is 13.0. The highest BCUT2D eigenvalue weighted by Gasteiger charge is 2.62. The van der Waals surface area contributed by atoms with Gasteiger partial charge in [0, 0.05) is 18.6 Å². The van der Waals surface area contributed by atoms with E-state index in [2.05, 4.69) is 47.5 Å². The van der Waals surface area contributed by atoms with E-state index in [1.165, 1.54) is 24.8 Å². The molecule has 2 N–H and O–H groups in total.